The summed E-state index contributed by atoms with van der Waals surface area (Å²) < 4.78 is 0. The fraction of sp³-hybridized carbons (Fsp3) is 0.556. The number of benzene rings is 1. The van der Waals surface area contributed by atoms with Crippen LogP contribution >= 0.6 is 11.6 Å². The third-order valence-electron chi connectivity index (χ3n) is 4.51. The predicted octanol–water partition coefficient (Wildman–Crippen LogP) is 3.00. The molecule has 5 nitrogen and oxygen atoms in total. The molecule has 0 radical (unpaired) electrons. The minimum Gasteiger partial charge on any atom is -0.335 e. The van der Waals surface area contributed by atoms with Crippen molar-refractivity contribution in [1.29, 1.82) is 0 Å². The fourth-order valence-corrected chi connectivity index (χ4v) is 3.26. The number of piperidine rings is 1. The molecule has 0 bridgehead atoms. The first-order chi connectivity index (χ1) is 11.5. The first kappa shape index (κ1) is 18.7. The van der Waals surface area contributed by atoms with Gasteiger partial charge in [-0.05, 0) is 37.9 Å². The molecule has 6 heteroatoms. The van der Waals surface area contributed by atoms with Crippen LogP contribution in [-0.4, -0.2) is 54.3 Å². The molecule has 1 aliphatic rings. The summed E-state index contributed by atoms with van der Waals surface area (Å²) in [6.07, 6.45) is 4.59. The number of hydrogen-bond donors (Lipinski definition) is 1. The molecule has 24 heavy (non-hydrogen) atoms. The number of anilines is 1. The highest BCUT2D eigenvalue weighted by molar-refractivity contribution is 6.33. The highest BCUT2D eigenvalue weighted by atomic mass is 35.5. The zero-order chi connectivity index (χ0) is 17.5. The number of carbonyl (C=O) groups is 2. The zero-order valence-corrected chi connectivity index (χ0v) is 15.2. The molecule has 1 fully saturated rings. The molecule has 0 saturated carbocycles. The molecule has 1 aliphatic heterocycles. The number of amides is 2. The van der Waals surface area contributed by atoms with Crippen LogP contribution in [0.4, 0.5) is 5.69 Å². The summed E-state index contributed by atoms with van der Waals surface area (Å²) in [7, 11) is 1.67. The first-order valence-corrected chi connectivity index (χ1v) is 8.91. The second-order valence-corrected chi connectivity index (χ2v) is 6.71. The van der Waals surface area contributed by atoms with Gasteiger partial charge in [0.2, 0.25) is 11.8 Å². The van der Waals surface area contributed by atoms with Crippen molar-refractivity contribution in [2.24, 2.45) is 0 Å². The molecule has 0 spiro atoms. The van der Waals surface area contributed by atoms with E-state index in [4.69, 9.17) is 11.6 Å². The van der Waals surface area contributed by atoms with Gasteiger partial charge in [-0.3, -0.25) is 14.5 Å². The molecule has 1 atom stereocenters. The van der Waals surface area contributed by atoms with Gasteiger partial charge < -0.3 is 10.2 Å². The van der Waals surface area contributed by atoms with Crippen LogP contribution in [0.2, 0.25) is 5.02 Å². The van der Waals surface area contributed by atoms with E-state index in [2.05, 4.69) is 17.1 Å². The minimum absolute atomic E-state index is 0.0225. The third kappa shape index (κ3) is 5.21. The van der Waals surface area contributed by atoms with Gasteiger partial charge in [0, 0.05) is 13.1 Å². The van der Waals surface area contributed by atoms with Crippen LogP contribution in [0.3, 0.4) is 0 Å². The monoisotopic (exact) mass is 351 g/mol. The Kier molecular flexibility index (Phi) is 7.06. The lowest BCUT2D eigenvalue weighted by atomic mass is 10.00. The van der Waals surface area contributed by atoms with Gasteiger partial charge in [-0.25, -0.2) is 0 Å². The summed E-state index contributed by atoms with van der Waals surface area (Å²) in [6.45, 7) is 3.53. The average molecular weight is 352 g/mol. The van der Waals surface area contributed by atoms with Gasteiger partial charge in [0.05, 0.1) is 23.8 Å². The van der Waals surface area contributed by atoms with E-state index in [1.807, 2.05) is 0 Å². The van der Waals surface area contributed by atoms with E-state index < -0.39 is 0 Å². The fourth-order valence-electron chi connectivity index (χ4n) is 3.08. The normalized spacial score (nSPS) is 18.2. The largest absolute Gasteiger partial charge is 0.335 e. The van der Waals surface area contributed by atoms with Gasteiger partial charge in [-0.15, -0.1) is 0 Å². The highest BCUT2D eigenvalue weighted by Gasteiger charge is 2.24. The Morgan fingerprint density at radius 1 is 1.33 bits per heavy atom. The van der Waals surface area contributed by atoms with Gasteiger partial charge in [0.25, 0.3) is 0 Å². The number of likely N-dealkylation sites (tertiary alicyclic amines) is 1. The van der Waals surface area contributed by atoms with E-state index in [0.29, 0.717) is 23.3 Å². The van der Waals surface area contributed by atoms with E-state index in [-0.39, 0.29) is 18.4 Å². The minimum atomic E-state index is -0.246. The summed E-state index contributed by atoms with van der Waals surface area (Å²) in [5.74, 6) is -0.269. The zero-order valence-electron chi connectivity index (χ0n) is 14.4. The summed E-state index contributed by atoms with van der Waals surface area (Å²) in [5, 5.41) is 3.23. The van der Waals surface area contributed by atoms with Crippen molar-refractivity contribution in [1.82, 2.24) is 9.80 Å². The van der Waals surface area contributed by atoms with E-state index in [9.17, 15) is 9.59 Å². The second kappa shape index (κ2) is 9.04. The molecule has 1 N–H and O–H groups in total. The van der Waals surface area contributed by atoms with Crippen LogP contribution in [0, 0.1) is 0 Å². The van der Waals surface area contributed by atoms with E-state index in [0.717, 1.165) is 25.8 Å². The Morgan fingerprint density at radius 3 is 2.79 bits per heavy atom. The van der Waals surface area contributed by atoms with Crippen LogP contribution in [0.25, 0.3) is 0 Å². The van der Waals surface area contributed by atoms with Crippen LogP contribution < -0.4 is 5.32 Å². The summed E-state index contributed by atoms with van der Waals surface area (Å²) in [4.78, 5) is 28.2. The van der Waals surface area contributed by atoms with Crippen LogP contribution in [-0.2, 0) is 9.59 Å². The average Bonchev–Trinajstić information content (AvgIpc) is 2.57. The Balaban J connectivity index is 1.84. The Bertz CT molecular complexity index is 579. The van der Waals surface area contributed by atoms with E-state index in [1.165, 1.54) is 11.3 Å². The Hall–Kier alpha value is -1.59. The van der Waals surface area contributed by atoms with Gasteiger partial charge in [0.15, 0.2) is 0 Å². The smallest absolute Gasteiger partial charge is 0.244 e. The number of hydrogen-bond acceptors (Lipinski definition) is 3. The van der Waals surface area contributed by atoms with Crippen molar-refractivity contribution in [2.75, 3.05) is 32.0 Å². The Labute approximate surface area is 149 Å². The maximum atomic E-state index is 12.4. The van der Waals surface area contributed by atoms with Gasteiger partial charge in [0.1, 0.15) is 0 Å². The molecule has 1 saturated heterocycles. The predicted molar refractivity (Wildman–Crippen MR) is 97.2 cm³/mol. The SMILES string of the molecule is CCC1CCCCN1CC(=O)N(C)CC(=O)Nc1ccccc1Cl. The summed E-state index contributed by atoms with van der Waals surface area (Å²) >= 11 is 6.03. The number of carbonyl (C=O) groups excluding carboxylic acids is 2. The molecule has 2 amide bonds. The maximum Gasteiger partial charge on any atom is 0.244 e. The third-order valence-corrected chi connectivity index (χ3v) is 4.84. The molecule has 1 aromatic rings. The molecule has 0 aromatic heterocycles. The number of likely N-dealkylation sites (N-methyl/N-ethyl adjacent to an activating group) is 1. The van der Waals surface area contributed by atoms with Crippen LogP contribution in [0.5, 0.6) is 0 Å². The molecule has 0 aliphatic carbocycles. The molecule has 1 aromatic carbocycles. The van der Waals surface area contributed by atoms with Crippen molar-refractivity contribution in [3.05, 3.63) is 29.3 Å². The molecule has 1 heterocycles. The number of rotatable bonds is 6. The Morgan fingerprint density at radius 2 is 2.08 bits per heavy atom. The van der Waals surface area contributed by atoms with E-state index in [1.54, 1.807) is 31.3 Å². The van der Waals surface area contributed by atoms with Crippen molar-refractivity contribution < 1.29 is 9.59 Å². The molecule has 2 rings (SSSR count). The molecular formula is C18H26ClN3O2. The number of nitrogens with zero attached hydrogens (tertiary/aromatic N) is 2. The molecule has 1 unspecified atom stereocenters. The van der Waals surface area contributed by atoms with Gasteiger partial charge >= 0.3 is 0 Å². The van der Waals surface area contributed by atoms with Crippen LogP contribution in [0.15, 0.2) is 24.3 Å². The number of halogens is 1. The highest BCUT2D eigenvalue weighted by Crippen LogP contribution is 2.21. The number of para-hydroxylation sites is 1. The van der Waals surface area contributed by atoms with Crippen molar-refractivity contribution >= 4 is 29.1 Å². The van der Waals surface area contributed by atoms with Crippen molar-refractivity contribution in [3.8, 4) is 0 Å². The van der Waals surface area contributed by atoms with Crippen LogP contribution in [0.1, 0.15) is 32.6 Å². The lowest BCUT2D eigenvalue weighted by molar-refractivity contribution is -0.135. The quantitative estimate of drug-likeness (QED) is 0.857. The van der Waals surface area contributed by atoms with Crippen molar-refractivity contribution in [2.45, 2.75) is 38.6 Å². The standard InChI is InChI=1S/C18H26ClN3O2/c1-3-14-8-6-7-11-22(14)13-18(24)21(2)12-17(23)20-16-10-5-4-9-15(16)19/h4-5,9-10,14H,3,6-8,11-13H2,1-2H3,(H,20,23). The lowest BCUT2D eigenvalue weighted by Gasteiger charge is -2.35. The van der Waals surface area contributed by atoms with E-state index >= 15 is 0 Å². The maximum absolute atomic E-state index is 12.4. The van der Waals surface area contributed by atoms with Gasteiger partial charge in [-0.2, -0.15) is 0 Å². The number of nitrogens with one attached hydrogen (secondary N) is 1. The summed E-state index contributed by atoms with van der Waals surface area (Å²) in [5.41, 5.74) is 0.562. The molecule has 132 valence electrons. The first-order valence-electron chi connectivity index (χ1n) is 8.53. The summed E-state index contributed by atoms with van der Waals surface area (Å²) in [6, 6.07) is 7.54. The topological polar surface area (TPSA) is 52.7 Å². The lowest BCUT2D eigenvalue weighted by Crippen LogP contribution is -2.47. The molecular weight excluding hydrogens is 326 g/mol. The van der Waals surface area contributed by atoms with Gasteiger partial charge in [-0.1, -0.05) is 37.1 Å². The second-order valence-electron chi connectivity index (χ2n) is 6.31. The van der Waals surface area contributed by atoms with Crippen molar-refractivity contribution in [3.63, 3.8) is 0 Å².